The van der Waals surface area contributed by atoms with Gasteiger partial charge in [-0.15, -0.1) is 0 Å². The van der Waals surface area contributed by atoms with Crippen molar-refractivity contribution in [3.05, 3.63) is 16.2 Å². The van der Waals surface area contributed by atoms with E-state index in [1.54, 1.807) is 0 Å². The number of halogens is 4. The van der Waals surface area contributed by atoms with Crippen molar-refractivity contribution in [2.24, 2.45) is 0 Å². The molecule has 1 amide bonds. The first-order valence-corrected chi connectivity index (χ1v) is 7.17. The molecule has 10 heteroatoms. The van der Waals surface area contributed by atoms with E-state index < -0.39 is 28.3 Å². The van der Waals surface area contributed by atoms with E-state index in [2.05, 4.69) is 26.2 Å². The van der Waals surface area contributed by atoms with Gasteiger partial charge in [0.15, 0.2) is 0 Å². The molecule has 1 aliphatic rings. The summed E-state index contributed by atoms with van der Waals surface area (Å²) < 4.78 is 47.6. The highest BCUT2D eigenvalue weighted by atomic mass is 79.9. The van der Waals surface area contributed by atoms with E-state index in [1.807, 2.05) is 0 Å². The average Bonchev–Trinajstić information content (AvgIpc) is 2.92. The number of carbonyl (C=O) groups excluding carboxylic acids is 1. The molecule has 0 aromatic carbocycles. The Hall–Kier alpha value is -1.55. The van der Waals surface area contributed by atoms with Gasteiger partial charge in [0.2, 0.25) is 5.88 Å². The van der Waals surface area contributed by atoms with Crippen LogP contribution < -0.4 is 15.8 Å². The molecule has 22 heavy (non-hydrogen) atoms. The summed E-state index contributed by atoms with van der Waals surface area (Å²) in [6, 6.07) is 0.653. The number of pyridine rings is 1. The molecule has 122 valence electrons. The third-order valence-corrected chi connectivity index (χ3v) is 3.57. The highest BCUT2D eigenvalue weighted by Crippen LogP contribution is 2.37. The number of hydrogen-bond donors (Lipinski definition) is 2. The summed E-state index contributed by atoms with van der Waals surface area (Å²) in [6.07, 6.45) is -3.81. The van der Waals surface area contributed by atoms with E-state index in [4.69, 9.17) is 15.2 Å². The van der Waals surface area contributed by atoms with Gasteiger partial charge in [0.05, 0.1) is 17.4 Å². The van der Waals surface area contributed by atoms with E-state index in [-0.39, 0.29) is 18.3 Å². The lowest BCUT2D eigenvalue weighted by Gasteiger charge is -2.13. The van der Waals surface area contributed by atoms with Gasteiger partial charge in [-0.25, -0.2) is 9.78 Å². The summed E-state index contributed by atoms with van der Waals surface area (Å²) in [5.74, 6) is -0.398. The summed E-state index contributed by atoms with van der Waals surface area (Å²) in [4.78, 5) is 15.1. The maximum atomic E-state index is 12.7. The van der Waals surface area contributed by atoms with E-state index in [0.29, 0.717) is 12.7 Å². The van der Waals surface area contributed by atoms with Crippen LogP contribution in [-0.2, 0) is 10.9 Å². The number of ether oxygens (including phenoxy) is 2. The largest absolute Gasteiger partial charge is 0.419 e. The Kier molecular flexibility index (Phi) is 5.12. The number of hydrogen-bond acceptors (Lipinski definition) is 5. The Morgan fingerprint density at radius 2 is 2.32 bits per heavy atom. The zero-order chi connectivity index (χ0) is 16.3. The number of aromatic nitrogens is 1. The molecular weight excluding hydrogens is 371 g/mol. The third-order valence-electron chi connectivity index (χ3n) is 2.96. The van der Waals surface area contributed by atoms with Gasteiger partial charge < -0.3 is 20.5 Å². The summed E-state index contributed by atoms with van der Waals surface area (Å²) in [5, 5.41) is 2.45. The predicted octanol–water partition coefficient (Wildman–Crippen LogP) is 2.71. The summed E-state index contributed by atoms with van der Waals surface area (Å²) in [5.41, 5.74) is 4.01. The molecule has 2 rings (SSSR count). The highest BCUT2D eigenvalue weighted by molar-refractivity contribution is 9.10. The van der Waals surface area contributed by atoms with Crippen LogP contribution in [0.3, 0.4) is 0 Å². The van der Waals surface area contributed by atoms with Crippen molar-refractivity contribution in [1.29, 1.82) is 0 Å². The van der Waals surface area contributed by atoms with Crippen molar-refractivity contribution in [1.82, 2.24) is 10.3 Å². The van der Waals surface area contributed by atoms with Crippen LogP contribution in [0.1, 0.15) is 18.4 Å². The zero-order valence-electron chi connectivity index (χ0n) is 11.2. The third kappa shape index (κ3) is 4.23. The predicted molar refractivity (Wildman–Crippen MR) is 74.4 cm³/mol. The second-order valence-corrected chi connectivity index (χ2v) is 5.38. The van der Waals surface area contributed by atoms with Crippen LogP contribution in [0.2, 0.25) is 0 Å². The Bertz CT molecular complexity index is 563. The van der Waals surface area contributed by atoms with Gasteiger partial charge in [0.25, 0.3) is 0 Å². The first-order valence-electron chi connectivity index (χ1n) is 6.38. The van der Waals surface area contributed by atoms with Crippen molar-refractivity contribution in [3.8, 4) is 5.88 Å². The molecule has 3 N–H and O–H groups in total. The van der Waals surface area contributed by atoms with Crippen LogP contribution in [0.4, 0.5) is 23.7 Å². The van der Waals surface area contributed by atoms with Crippen LogP contribution in [0.25, 0.3) is 0 Å². The minimum atomic E-state index is -4.61. The van der Waals surface area contributed by atoms with Crippen LogP contribution >= 0.6 is 15.9 Å². The van der Waals surface area contributed by atoms with Crippen molar-refractivity contribution < 1.29 is 27.4 Å². The number of nitrogens with one attached hydrogen (secondary N) is 1. The summed E-state index contributed by atoms with van der Waals surface area (Å²) in [6.45, 7) is 0.891. The van der Waals surface area contributed by atoms with Crippen LogP contribution in [-0.4, -0.2) is 30.3 Å². The van der Waals surface area contributed by atoms with Gasteiger partial charge in [0, 0.05) is 13.2 Å². The zero-order valence-corrected chi connectivity index (χ0v) is 12.8. The smallest absolute Gasteiger partial charge is 0.394 e. The van der Waals surface area contributed by atoms with Gasteiger partial charge in [-0.1, -0.05) is 0 Å². The van der Waals surface area contributed by atoms with E-state index in [0.717, 1.165) is 12.8 Å². The minimum Gasteiger partial charge on any atom is -0.394 e. The Morgan fingerprint density at radius 3 is 2.91 bits per heavy atom. The van der Waals surface area contributed by atoms with Gasteiger partial charge in [-0.2, -0.15) is 13.2 Å². The summed E-state index contributed by atoms with van der Waals surface area (Å²) in [7, 11) is 0. The standard InChI is InChI=1S/C12H13BrF3N3O3/c13-9-7(12(14,15)16)4-8(17)10(19-9)22-11(20)18-5-6-2-1-3-21-6/h4,6H,1-3,5,17H2,(H,18,20)/t6-/m0/s1. The second kappa shape index (κ2) is 6.69. The van der Waals surface area contributed by atoms with E-state index in [1.165, 1.54) is 0 Å². The molecule has 2 heterocycles. The first kappa shape index (κ1) is 16.8. The lowest BCUT2D eigenvalue weighted by Crippen LogP contribution is -2.34. The molecule has 1 atom stereocenters. The number of nitrogen functional groups attached to an aromatic ring is 1. The Morgan fingerprint density at radius 1 is 1.59 bits per heavy atom. The van der Waals surface area contributed by atoms with Crippen molar-refractivity contribution >= 4 is 27.7 Å². The minimum absolute atomic E-state index is 0.0859. The van der Waals surface area contributed by atoms with Gasteiger partial charge in [-0.3, -0.25) is 0 Å². The van der Waals surface area contributed by atoms with Gasteiger partial charge >= 0.3 is 12.3 Å². The van der Waals surface area contributed by atoms with Crippen LogP contribution in [0.5, 0.6) is 5.88 Å². The SMILES string of the molecule is Nc1cc(C(F)(F)F)c(Br)nc1OC(=O)NC[C@@H]1CCCO1. The molecule has 0 aliphatic carbocycles. The van der Waals surface area contributed by atoms with Crippen molar-refractivity contribution in [3.63, 3.8) is 0 Å². The molecule has 6 nitrogen and oxygen atoms in total. The fourth-order valence-corrected chi connectivity index (χ4v) is 2.40. The normalized spacial score (nSPS) is 18.3. The molecule has 0 radical (unpaired) electrons. The fraction of sp³-hybridized carbons (Fsp3) is 0.500. The quantitative estimate of drug-likeness (QED) is 0.783. The molecule has 0 bridgehead atoms. The molecular formula is C12H13BrF3N3O3. The Balaban J connectivity index is 2.00. The number of amides is 1. The number of alkyl halides is 3. The lowest BCUT2D eigenvalue weighted by atomic mass is 10.2. The molecule has 1 fully saturated rings. The monoisotopic (exact) mass is 383 g/mol. The maximum absolute atomic E-state index is 12.7. The maximum Gasteiger partial charge on any atom is 0.419 e. The Labute approximate surface area is 132 Å². The molecule has 0 unspecified atom stereocenters. The number of rotatable bonds is 3. The number of nitrogens with zero attached hydrogens (tertiary/aromatic N) is 1. The van der Waals surface area contributed by atoms with Gasteiger partial charge in [-0.05, 0) is 34.8 Å². The first-order chi connectivity index (χ1) is 10.3. The molecule has 0 saturated carbocycles. The average molecular weight is 384 g/mol. The van der Waals surface area contributed by atoms with E-state index in [9.17, 15) is 18.0 Å². The van der Waals surface area contributed by atoms with Crippen molar-refractivity contribution in [2.75, 3.05) is 18.9 Å². The molecule has 1 aliphatic heterocycles. The molecule has 1 aromatic heterocycles. The van der Waals surface area contributed by atoms with Crippen LogP contribution in [0, 0.1) is 0 Å². The topological polar surface area (TPSA) is 86.5 Å². The van der Waals surface area contributed by atoms with Crippen LogP contribution in [0.15, 0.2) is 10.7 Å². The highest BCUT2D eigenvalue weighted by Gasteiger charge is 2.35. The number of anilines is 1. The molecule has 1 saturated heterocycles. The molecule has 1 aromatic rings. The number of nitrogens with two attached hydrogens (primary N) is 1. The van der Waals surface area contributed by atoms with E-state index >= 15 is 0 Å². The van der Waals surface area contributed by atoms with Gasteiger partial charge in [0.1, 0.15) is 4.60 Å². The summed E-state index contributed by atoms with van der Waals surface area (Å²) >= 11 is 2.68. The lowest BCUT2D eigenvalue weighted by molar-refractivity contribution is -0.138. The second-order valence-electron chi connectivity index (χ2n) is 4.62. The number of carbonyl (C=O) groups is 1. The van der Waals surface area contributed by atoms with Crippen molar-refractivity contribution in [2.45, 2.75) is 25.1 Å². The fourth-order valence-electron chi connectivity index (χ4n) is 1.90. The molecule has 0 spiro atoms.